The molecule has 4 aliphatic rings. The van der Waals surface area contributed by atoms with Gasteiger partial charge in [0.15, 0.2) is 0 Å². The van der Waals surface area contributed by atoms with Crippen molar-refractivity contribution in [2.75, 3.05) is 17.2 Å². The van der Waals surface area contributed by atoms with Gasteiger partial charge in [-0.05, 0) is 80.9 Å². The van der Waals surface area contributed by atoms with E-state index in [9.17, 15) is 5.26 Å². The molecule has 0 bridgehead atoms. The number of anilines is 2. The Hall–Kier alpha value is -2.85. The molecule has 0 radical (unpaired) electrons. The van der Waals surface area contributed by atoms with Crippen LogP contribution in [0, 0.1) is 16.7 Å². The highest BCUT2D eigenvalue weighted by Gasteiger charge is 2.48. The van der Waals surface area contributed by atoms with Gasteiger partial charge in [0.05, 0.1) is 29.0 Å². The SMILES string of the molecule is CC1(C)Cc2c(ccc(OC3CCC(N)CC3)c2N(CC2(C#N)CC2)C2CC2)-c2ncnc(N)c21. The van der Waals surface area contributed by atoms with E-state index in [1.54, 1.807) is 6.33 Å². The number of nitriles is 1. The van der Waals surface area contributed by atoms with Crippen molar-refractivity contribution in [1.82, 2.24) is 9.97 Å². The first-order chi connectivity index (χ1) is 16.8. The third kappa shape index (κ3) is 4.02. The van der Waals surface area contributed by atoms with Crippen molar-refractivity contribution in [2.45, 2.75) is 95.2 Å². The molecule has 0 spiro atoms. The lowest BCUT2D eigenvalue weighted by Crippen LogP contribution is -2.36. The molecule has 0 atom stereocenters. The summed E-state index contributed by atoms with van der Waals surface area (Å²) in [4.78, 5) is 11.5. The average Bonchev–Trinajstić information content (AvgIpc) is 3.74. The molecule has 3 fully saturated rings. The van der Waals surface area contributed by atoms with E-state index in [1.165, 1.54) is 11.3 Å². The number of nitrogen functional groups attached to an aromatic ring is 1. The Labute approximate surface area is 207 Å². The number of fused-ring (bicyclic) bond motifs is 3. The number of aromatic nitrogens is 2. The average molecular weight is 473 g/mol. The fraction of sp³-hybridized carbons (Fsp3) is 0.607. The van der Waals surface area contributed by atoms with Crippen LogP contribution in [0.5, 0.6) is 5.75 Å². The van der Waals surface area contributed by atoms with E-state index < -0.39 is 0 Å². The van der Waals surface area contributed by atoms with Gasteiger partial charge in [-0.3, -0.25) is 0 Å². The fourth-order valence-electron chi connectivity index (χ4n) is 6.17. The third-order valence-electron chi connectivity index (χ3n) is 8.52. The van der Waals surface area contributed by atoms with Crippen LogP contribution >= 0.6 is 0 Å². The van der Waals surface area contributed by atoms with Crippen LogP contribution in [0.4, 0.5) is 11.5 Å². The standard InChI is InChI=1S/C28H36N6O/c1-27(2)13-21-20(24-23(27)26(31)33-16-32-24)9-10-22(35-19-7-3-17(30)4-8-19)25(21)34(18-5-6-18)15-28(14-29)11-12-28/h9-10,16-19H,3-8,11-13,15,30H2,1-2H3,(H2,31,32,33). The predicted octanol–water partition coefficient (Wildman–Crippen LogP) is 4.48. The van der Waals surface area contributed by atoms with Crippen LogP contribution in [0.15, 0.2) is 18.5 Å². The molecule has 3 saturated carbocycles. The maximum atomic E-state index is 9.94. The summed E-state index contributed by atoms with van der Waals surface area (Å²) in [6.07, 6.45) is 10.9. The molecule has 184 valence electrons. The molecule has 0 aliphatic heterocycles. The van der Waals surface area contributed by atoms with E-state index in [2.05, 4.69) is 41.9 Å². The molecule has 0 unspecified atom stereocenters. The lowest BCUT2D eigenvalue weighted by atomic mass is 9.71. The number of rotatable bonds is 6. The highest BCUT2D eigenvalue weighted by atomic mass is 16.5. The highest BCUT2D eigenvalue weighted by Crippen LogP contribution is 2.54. The molecule has 4 N–H and O–H groups in total. The molecule has 4 aliphatic carbocycles. The van der Waals surface area contributed by atoms with Gasteiger partial charge in [0.25, 0.3) is 0 Å². The quantitative estimate of drug-likeness (QED) is 0.637. The second-order valence-electron chi connectivity index (χ2n) is 11.9. The highest BCUT2D eigenvalue weighted by molar-refractivity contribution is 5.83. The van der Waals surface area contributed by atoms with Crippen molar-refractivity contribution in [2.24, 2.45) is 11.1 Å². The lowest BCUT2D eigenvalue weighted by Gasteiger charge is -2.39. The zero-order valence-electron chi connectivity index (χ0n) is 20.9. The van der Waals surface area contributed by atoms with Crippen LogP contribution in [0.25, 0.3) is 11.3 Å². The maximum Gasteiger partial charge on any atom is 0.143 e. The zero-order valence-corrected chi connectivity index (χ0v) is 20.9. The number of nitrogens with zero attached hydrogens (tertiary/aromatic N) is 4. The van der Waals surface area contributed by atoms with Crippen molar-refractivity contribution in [1.29, 1.82) is 5.26 Å². The van der Waals surface area contributed by atoms with E-state index in [4.69, 9.17) is 21.2 Å². The van der Waals surface area contributed by atoms with Crippen molar-refractivity contribution in [3.8, 4) is 23.1 Å². The van der Waals surface area contributed by atoms with Crippen LogP contribution in [0.2, 0.25) is 0 Å². The Bertz CT molecular complexity index is 1180. The monoisotopic (exact) mass is 472 g/mol. The summed E-state index contributed by atoms with van der Waals surface area (Å²) >= 11 is 0. The summed E-state index contributed by atoms with van der Waals surface area (Å²) in [5.74, 6) is 1.51. The van der Waals surface area contributed by atoms with Crippen LogP contribution in [-0.4, -0.2) is 34.7 Å². The Balaban J connectivity index is 1.49. The molecule has 35 heavy (non-hydrogen) atoms. The Morgan fingerprint density at radius 1 is 1.11 bits per heavy atom. The Morgan fingerprint density at radius 3 is 2.51 bits per heavy atom. The lowest BCUT2D eigenvalue weighted by molar-refractivity contribution is 0.147. The molecule has 1 heterocycles. The summed E-state index contributed by atoms with van der Waals surface area (Å²) in [5.41, 5.74) is 17.6. The van der Waals surface area contributed by atoms with Gasteiger partial charge in [-0.2, -0.15) is 5.26 Å². The molecule has 1 aromatic carbocycles. The minimum Gasteiger partial charge on any atom is -0.488 e. The van der Waals surface area contributed by atoms with Crippen LogP contribution in [0.3, 0.4) is 0 Å². The molecule has 0 saturated heterocycles. The normalized spacial score (nSPS) is 25.7. The van der Waals surface area contributed by atoms with Crippen molar-refractivity contribution in [3.05, 3.63) is 29.6 Å². The summed E-state index contributed by atoms with van der Waals surface area (Å²) in [6, 6.07) is 7.67. The van der Waals surface area contributed by atoms with Gasteiger partial charge < -0.3 is 21.1 Å². The van der Waals surface area contributed by atoms with Gasteiger partial charge in [0.2, 0.25) is 0 Å². The van der Waals surface area contributed by atoms with Gasteiger partial charge in [-0.25, -0.2) is 9.97 Å². The van der Waals surface area contributed by atoms with E-state index in [-0.39, 0.29) is 23.0 Å². The summed E-state index contributed by atoms with van der Waals surface area (Å²) in [7, 11) is 0. The molecule has 7 nitrogen and oxygen atoms in total. The first-order valence-corrected chi connectivity index (χ1v) is 13.2. The second-order valence-corrected chi connectivity index (χ2v) is 11.9. The van der Waals surface area contributed by atoms with Crippen LogP contribution in [-0.2, 0) is 11.8 Å². The van der Waals surface area contributed by atoms with Gasteiger partial charge in [-0.15, -0.1) is 0 Å². The van der Waals surface area contributed by atoms with E-state index >= 15 is 0 Å². The summed E-state index contributed by atoms with van der Waals surface area (Å²) in [5, 5.41) is 9.94. The van der Waals surface area contributed by atoms with E-state index in [1.807, 2.05) is 0 Å². The first-order valence-electron chi connectivity index (χ1n) is 13.2. The summed E-state index contributed by atoms with van der Waals surface area (Å²) in [6.45, 7) is 5.23. The second kappa shape index (κ2) is 8.09. The van der Waals surface area contributed by atoms with Crippen molar-refractivity contribution >= 4 is 11.5 Å². The number of benzene rings is 1. The molecule has 6 rings (SSSR count). The van der Waals surface area contributed by atoms with Gasteiger partial charge in [0.1, 0.15) is 17.9 Å². The third-order valence-corrected chi connectivity index (χ3v) is 8.52. The fourth-order valence-corrected chi connectivity index (χ4v) is 6.17. The largest absolute Gasteiger partial charge is 0.488 e. The van der Waals surface area contributed by atoms with Gasteiger partial charge in [-0.1, -0.05) is 13.8 Å². The molecule has 1 aromatic heterocycles. The van der Waals surface area contributed by atoms with Gasteiger partial charge >= 0.3 is 0 Å². The Morgan fingerprint density at radius 2 is 1.86 bits per heavy atom. The van der Waals surface area contributed by atoms with Crippen LogP contribution < -0.4 is 21.1 Å². The molecular formula is C28H36N6O. The zero-order chi connectivity index (χ0) is 24.4. The number of hydrogen-bond donors (Lipinski definition) is 2. The van der Waals surface area contributed by atoms with Crippen LogP contribution in [0.1, 0.15) is 76.3 Å². The smallest absolute Gasteiger partial charge is 0.143 e. The number of hydrogen-bond acceptors (Lipinski definition) is 7. The minimum atomic E-state index is -0.227. The number of nitrogens with two attached hydrogens (primary N) is 2. The first kappa shape index (κ1) is 22.6. The Kier molecular flexibility index (Phi) is 5.23. The molecule has 0 amide bonds. The summed E-state index contributed by atoms with van der Waals surface area (Å²) < 4.78 is 6.77. The van der Waals surface area contributed by atoms with Crippen molar-refractivity contribution in [3.63, 3.8) is 0 Å². The topological polar surface area (TPSA) is 114 Å². The maximum absolute atomic E-state index is 9.94. The molecule has 2 aromatic rings. The molecular weight excluding hydrogens is 436 g/mol. The van der Waals surface area contributed by atoms with E-state index in [0.29, 0.717) is 11.9 Å². The number of ether oxygens (including phenoxy) is 1. The minimum absolute atomic E-state index is 0.181. The molecule has 7 heteroatoms. The predicted molar refractivity (Wildman–Crippen MR) is 137 cm³/mol. The van der Waals surface area contributed by atoms with Gasteiger partial charge in [0, 0.05) is 29.8 Å². The van der Waals surface area contributed by atoms with Crippen molar-refractivity contribution < 1.29 is 4.74 Å². The van der Waals surface area contributed by atoms with E-state index in [0.717, 1.165) is 86.9 Å².